The van der Waals surface area contributed by atoms with Gasteiger partial charge in [-0.1, -0.05) is 27.7 Å². The molecule has 0 aromatic carbocycles. The average Bonchev–Trinajstić information content (AvgIpc) is 2.44. The summed E-state index contributed by atoms with van der Waals surface area (Å²) in [6.07, 6.45) is 1.99. The second-order valence-corrected chi connectivity index (χ2v) is 4.45. The number of aryl methyl sites for hydroxylation is 1. The van der Waals surface area contributed by atoms with Crippen molar-refractivity contribution in [2.45, 2.75) is 59.4 Å². The quantitative estimate of drug-likeness (QED) is 0.815. The van der Waals surface area contributed by atoms with Crippen LogP contribution >= 0.6 is 0 Å². The van der Waals surface area contributed by atoms with Crippen molar-refractivity contribution in [2.75, 3.05) is 0 Å². The van der Waals surface area contributed by atoms with Crippen molar-refractivity contribution < 1.29 is 0 Å². The molecule has 0 saturated carbocycles. The van der Waals surface area contributed by atoms with Crippen LogP contribution in [-0.4, -0.2) is 9.78 Å². The Morgan fingerprint density at radius 2 is 1.80 bits per heavy atom. The van der Waals surface area contributed by atoms with Crippen LogP contribution in [0.2, 0.25) is 0 Å². The van der Waals surface area contributed by atoms with Crippen LogP contribution < -0.4 is 5.56 Å². The van der Waals surface area contributed by atoms with E-state index >= 15 is 0 Å². The highest BCUT2D eigenvalue weighted by Crippen LogP contribution is 2.17. The van der Waals surface area contributed by atoms with Crippen molar-refractivity contribution in [3.63, 3.8) is 0 Å². The maximum Gasteiger partial charge on any atom is 0.270 e. The van der Waals surface area contributed by atoms with Crippen molar-refractivity contribution in [3.05, 3.63) is 21.6 Å². The van der Waals surface area contributed by atoms with Gasteiger partial charge in [-0.2, -0.15) is 0 Å². The normalized spacial score (nSPS) is 11.7. The fraction of sp³-hybridized carbons (Fsp3) is 0.750. The molecule has 0 unspecified atom stereocenters. The molecule has 0 atom stereocenters. The van der Waals surface area contributed by atoms with E-state index in [2.05, 4.69) is 32.8 Å². The fourth-order valence-electron chi connectivity index (χ4n) is 2.17. The number of nitrogens with zero attached hydrogens (tertiary/aromatic N) is 1. The highest BCUT2D eigenvalue weighted by molar-refractivity contribution is 5.19. The molecule has 0 aliphatic rings. The van der Waals surface area contributed by atoms with Crippen LogP contribution in [0.25, 0.3) is 0 Å². The molecule has 0 radical (unpaired) electrons. The van der Waals surface area contributed by atoms with Gasteiger partial charge in [-0.05, 0) is 25.7 Å². The van der Waals surface area contributed by atoms with Crippen LogP contribution in [0.1, 0.15) is 63.8 Å². The maximum absolute atomic E-state index is 12.1. The molecule has 1 aromatic rings. The monoisotopic (exact) mass is 210 g/mol. The topological polar surface area (TPSA) is 37.8 Å². The van der Waals surface area contributed by atoms with Gasteiger partial charge in [0.15, 0.2) is 0 Å². The molecule has 0 aliphatic carbocycles. The first kappa shape index (κ1) is 12.1. The minimum Gasteiger partial charge on any atom is -0.299 e. The number of nitrogens with one attached hydrogen (secondary N) is 1. The zero-order valence-corrected chi connectivity index (χ0v) is 10.4. The molecule has 1 N–H and O–H groups in total. The lowest BCUT2D eigenvalue weighted by Gasteiger charge is -2.12. The molecule has 0 fully saturated rings. The van der Waals surface area contributed by atoms with Gasteiger partial charge < -0.3 is 0 Å². The minimum atomic E-state index is 0.163. The molecule has 1 rings (SSSR count). The lowest BCUT2D eigenvalue weighted by atomic mass is 10.0. The smallest absolute Gasteiger partial charge is 0.270 e. The molecule has 0 spiro atoms. The molecule has 0 aliphatic heterocycles. The van der Waals surface area contributed by atoms with Crippen molar-refractivity contribution in [1.82, 2.24) is 9.78 Å². The van der Waals surface area contributed by atoms with Gasteiger partial charge in [-0.3, -0.25) is 9.89 Å². The summed E-state index contributed by atoms with van der Waals surface area (Å²) in [4.78, 5) is 12.1. The first-order valence-electron chi connectivity index (χ1n) is 5.83. The van der Waals surface area contributed by atoms with Gasteiger partial charge >= 0.3 is 0 Å². The van der Waals surface area contributed by atoms with Gasteiger partial charge in [0.05, 0.1) is 6.04 Å². The van der Waals surface area contributed by atoms with Crippen molar-refractivity contribution in [1.29, 1.82) is 0 Å². The lowest BCUT2D eigenvalue weighted by molar-refractivity contribution is 0.415. The highest BCUT2D eigenvalue weighted by atomic mass is 16.1. The second kappa shape index (κ2) is 4.69. The van der Waals surface area contributed by atoms with Crippen molar-refractivity contribution in [3.8, 4) is 0 Å². The molecular formula is C12H22N2O. The molecule has 86 valence electrons. The number of aromatic nitrogens is 2. The Balaban J connectivity index is 3.23. The standard InChI is InChI=1S/C12H22N2O/c1-6-10(7-2)14-12(15)11(8(3)4)9(5)13-14/h8,10,13H,6-7H2,1-5H3. The van der Waals surface area contributed by atoms with E-state index in [0.29, 0.717) is 12.0 Å². The van der Waals surface area contributed by atoms with Crippen LogP contribution in [-0.2, 0) is 0 Å². The van der Waals surface area contributed by atoms with E-state index in [0.717, 1.165) is 24.1 Å². The Bertz CT molecular complexity index is 369. The molecule has 15 heavy (non-hydrogen) atoms. The van der Waals surface area contributed by atoms with E-state index in [9.17, 15) is 4.79 Å². The second-order valence-electron chi connectivity index (χ2n) is 4.45. The Kier molecular flexibility index (Phi) is 3.77. The van der Waals surface area contributed by atoms with Crippen LogP contribution in [0.4, 0.5) is 0 Å². The molecule has 0 saturated heterocycles. The minimum absolute atomic E-state index is 0.163. The third-order valence-electron chi connectivity index (χ3n) is 3.03. The van der Waals surface area contributed by atoms with Gasteiger partial charge in [-0.15, -0.1) is 0 Å². The summed E-state index contributed by atoms with van der Waals surface area (Å²) < 4.78 is 1.80. The molecule has 0 bridgehead atoms. The molecule has 1 aromatic heterocycles. The molecule has 3 nitrogen and oxygen atoms in total. The summed E-state index contributed by atoms with van der Waals surface area (Å²) in [5.41, 5.74) is 2.11. The summed E-state index contributed by atoms with van der Waals surface area (Å²) >= 11 is 0. The predicted molar refractivity (Wildman–Crippen MR) is 63.5 cm³/mol. The highest BCUT2D eigenvalue weighted by Gasteiger charge is 2.17. The van der Waals surface area contributed by atoms with Crippen LogP contribution in [0.15, 0.2) is 4.79 Å². The molecule has 3 heteroatoms. The van der Waals surface area contributed by atoms with Gasteiger partial charge in [0.1, 0.15) is 0 Å². The number of aromatic amines is 1. The molecular weight excluding hydrogens is 188 g/mol. The molecule has 1 heterocycles. The fourth-order valence-corrected chi connectivity index (χ4v) is 2.17. The van der Waals surface area contributed by atoms with Crippen molar-refractivity contribution >= 4 is 0 Å². The van der Waals surface area contributed by atoms with E-state index in [1.54, 1.807) is 4.68 Å². The summed E-state index contributed by atoms with van der Waals surface area (Å²) in [7, 11) is 0. The van der Waals surface area contributed by atoms with Gasteiger partial charge in [0, 0.05) is 11.3 Å². The Hall–Kier alpha value is -0.990. The zero-order valence-electron chi connectivity index (χ0n) is 10.4. The van der Waals surface area contributed by atoms with Crippen molar-refractivity contribution in [2.24, 2.45) is 0 Å². The number of hydrogen-bond acceptors (Lipinski definition) is 1. The molecule has 0 amide bonds. The predicted octanol–water partition coefficient (Wildman–Crippen LogP) is 2.97. The lowest BCUT2D eigenvalue weighted by Crippen LogP contribution is -2.23. The van der Waals surface area contributed by atoms with E-state index in [1.807, 2.05) is 6.92 Å². The first-order valence-corrected chi connectivity index (χ1v) is 5.83. The largest absolute Gasteiger partial charge is 0.299 e. The maximum atomic E-state index is 12.1. The SMILES string of the molecule is CCC(CC)n1[nH]c(C)c(C(C)C)c1=O. The van der Waals surface area contributed by atoms with Crippen LogP contribution in [0.3, 0.4) is 0 Å². The summed E-state index contributed by atoms with van der Waals surface area (Å²) in [6.45, 7) is 10.3. The van der Waals surface area contributed by atoms with E-state index in [1.165, 1.54) is 0 Å². The zero-order chi connectivity index (χ0) is 11.6. The average molecular weight is 210 g/mol. The third kappa shape index (κ3) is 2.16. The third-order valence-corrected chi connectivity index (χ3v) is 3.03. The van der Waals surface area contributed by atoms with Crippen LogP contribution in [0.5, 0.6) is 0 Å². The van der Waals surface area contributed by atoms with E-state index in [-0.39, 0.29) is 5.56 Å². The van der Waals surface area contributed by atoms with Gasteiger partial charge in [0.25, 0.3) is 5.56 Å². The van der Waals surface area contributed by atoms with E-state index < -0.39 is 0 Å². The Labute approximate surface area is 91.5 Å². The first-order chi connectivity index (χ1) is 7.02. The number of hydrogen-bond donors (Lipinski definition) is 1. The number of rotatable bonds is 4. The van der Waals surface area contributed by atoms with Crippen LogP contribution in [0, 0.1) is 6.92 Å². The number of H-pyrrole nitrogens is 1. The summed E-state index contributed by atoms with van der Waals surface area (Å²) in [6, 6.07) is 0.309. The Morgan fingerprint density at radius 3 is 2.13 bits per heavy atom. The Morgan fingerprint density at radius 1 is 1.27 bits per heavy atom. The van der Waals surface area contributed by atoms with Gasteiger partial charge in [0.2, 0.25) is 0 Å². The van der Waals surface area contributed by atoms with E-state index in [4.69, 9.17) is 0 Å². The summed E-state index contributed by atoms with van der Waals surface area (Å²) in [5, 5.41) is 3.20. The summed E-state index contributed by atoms with van der Waals surface area (Å²) in [5.74, 6) is 0.296. The van der Waals surface area contributed by atoms with Gasteiger partial charge in [-0.25, -0.2) is 4.68 Å².